The number of ether oxygens (including phenoxy) is 25. The summed E-state index contributed by atoms with van der Waals surface area (Å²) >= 11 is 0. The first kappa shape index (κ1) is 120. The van der Waals surface area contributed by atoms with E-state index in [0.717, 1.165) is 22.3 Å². The molecule has 10 N–H and O–H groups in total. The molecule has 2 aromatic rings. The molecule has 0 radical (unpaired) electrons. The lowest BCUT2D eigenvalue weighted by Gasteiger charge is -2.18. The van der Waals surface area contributed by atoms with Crippen molar-refractivity contribution in [2.75, 3.05) is 366 Å². The maximum absolute atomic E-state index is 13.0. The van der Waals surface area contributed by atoms with Crippen LogP contribution in [0.25, 0.3) is 11.1 Å². The van der Waals surface area contributed by atoms with Crippen molar-refractivity contribution in [2.45, 2.75) is 70.4 Å². The highest BCUT2D eigenvalue weighted by Crippen LogP contribution is 2.44. The lowest BCUT2D eigenvalue weighted by Crippen LogP contribution is -2.42. The summed E-state index contributed by atoms with van der Waals surface area (Å²) < 4.78 is 134. The Morgan fingerprint density at radius 1 is 0.294 bits per heavy atom. The highest BCUT2D eigenvalue weighted by Gasteiger charge is 2.31. The molecule has 0 spiro atoms. The molecule has 0 saturated carbocycles. The number of carbonyl (C=O) groups is 7. The third kappa shape index (κ3) is 73.5. The van der Waals surface area contributed by atoms with Crippen molar-refractivity contribution in [3.05, 3.63) is 59.7 Å². The minimum atomic E-state index is -0.711. The van der Waals surface area contributed by atoms with Gasteiger partial charge in [0.15, 0.2) is 0 Å². The molecule has 3 atom stereocenters. The summed E-state index contributed by atoms with van der Waals surface area (Å²) in [6.07, 6.45) is 1.24. The predicted octanol–water partition coefficient (Wildman–Crippen LogP) is 0.827. The number of nitrogens with two attached hydrogens (primary N) is 2. The van der Waals surface area contributed by atoms with Crippen LogP contribution in [0.3, 0.4) is 0 Å². The Kier molecular flexibility index (Phi) is 87.4. The number of hydrogen-bond acceptors (Lipinski definition) is 34. The second-order valence-corrected chi connectivity index (χ2v) is 26.9. The lowest BCUT2D eigenvalue weighted by molar-refractivity contribution is -0.147. The molecule has 2 aromatic carbocycles. The molecule has 0 unspecified atom stereocenters. The molecule has 40 nitrogen and oxygen atoms in total. The Hall–Kier alpha value is -6.31. The van der Waals surface area contributed by atoms with E-state index in [1.54, 1.807) is 35.4 Å². The van der Waals surface area contributed by atoms with Gasteiger partial charge < -0.3 is 162 Å². The van der Waals surface area contributed by atoms with Crippen molar-refractivity contribution >= 4 is 41.4 Å². The first-order valence-electron chi connectivity index (χ1n) is 43.2. The number of fused-ring (bicyclic) bond motifs is 3. The zero-order valence-electron chi connectivity index (χ0n) is 75.2. The van der Waals surface area contributed by atoms with Crippen LogP contribution in [0.1, 0.15) is 69.4 Å². The van der Waals surface area contributed by atoms with Crippen LogP contribution >= 0.6 is 0 Å². The van der Waals surface area contributed by atoms with Gasteiger partial charge in [-0.05, 0) is 41.5 Å². The standard InChI is InChI=1S/C39H58N2O12.2C23H47N3O10.CH4/c1-40-37(42)12-11-31(29-38(43)53-30-36-34-9-5-3-7-32(34)33-8-4-6-10-35(33)36)39(44)41-13-14-46-17-18-48-21-22-50-25-26-52-28-27-51-24-23-49-20-19-47-16-15-45-2;2*1-25-22(27)4-3-21(24)23(28)26-5-6-30-9-10-32-13-14-34-17-18-36-20-19-35-16-15-33-12-11-31-8-7-29-2;/h3-10,31,36H,11-30H2,1-2H3,(H,40,42)(H,41,44);2*21H,3-20,24H2,1-2H3,(H,25,27)(H,26,28);1H4/t31-;2*21-;/m100./s1. The summed E-state index contributed by atoms with van der Waals surface area (Å²) in [6.45, 7) is 22.9. The number of carbonyl (C=O) groups excluding carboxylic acids is 7. The zero-order valence-corrected chi connectivity index (χ0v) is 75.2. The zero-order chi connectivity index (χ0) is 90.8. The van der Waals surface area contributed by atoms with E-state index in [-0.39, 0.29) is 101 Å². The van der Waals surface area contributed by atoms with Gasteiger partial charge in [-0.15, -0.1) is 0 Å². The molecule has 0 bridgehead atoms. The Balaban J connectivity index is 0.00000191. The summed E-state index contributed by atoms with van der Waals surface area (Å²) in [7, 11) is 9.53. The van der Waals surface area contributed by atoms with Gasteiger partial charge >= 0.3 is 5.97 Å². The molecule has 0 saturated heterocycles. The Labute approximate surface area is 746 Å². The summed E-state index contributed by atoms with van der Waals surface area (Å²) in [5.74, 6) is -2.67. The van der Waals surface area contributed by atoms with Gasteiger partial charge in [0.25, 0.3) is 0 Å². The van der Waals surface area contributed by atoms with E-state index >= 15 is 0 Å². The van der Waals surface area contributed by atoms with E-state index in [9.17, 15) is 33.6 Å². The van der Waals surface area contributed by atoms with E-state index in [1.807, 2.05) is 24.3 Å². The van der Waals surface area contributed by atoms with Crippen LogP contribution in [-0.4, -0.2) is 420 Å². The van der Waals surface area contributed by atoms with Crippen LogP contribution in [0, 0.1) is 5.92 Å². The summed E-state index contributed by atoms with van der Waals surface area (Å²) in [5.41, 5.74) is 16.0. The summed E-state index contributed by atoms with van der Waals surface area (Å²) in [5, 5.41) is 15.7. The van der Waals surface area contributed by atoms with E-state index < -0.39 is 24.0 Å². The fourth-order valence-electron chi connectivity index (χ4n) is 10.6. The van der Waals surface area contributed by atoms with Gasteiger partial charge in [-0.3, -0.25) is 33.6 Å². The van der Waals surface area contributed by atoms with Gasteiger partial charge in [0.05, 0.1) is 316 Å². The highest BCUT2D eigenvalue weighted by atomic mass is 16.6. The number of rotatable bonds is 88. The number of amides is 6. The van der Waals surface area contributed by atoms with E-state index in [0.29, 0.717) is 317 Å². The predicted molar refractivity (Wildman–Crippen MR) is 467 cm³/mol. The molecular formula is C86H156N8O32. The molecule has 40 heteroatoms. The second-order valence-electron chi connectivity index (χ2n) is 26.9. The van der Waals surface area contributed by atoms with E-state index in [4.69, 9.17) is 130 Å². The SMILES string of the molecule is C.CNC(=O)CC[C@H](CC(=O)OCC1c2ccccc2-c2ccccc21)C(=O)NCCOCCOCCOCCOCCOCCOCCOCCOC.CNC(=O)CC[C@H](N)C(=O)NCCOCCOCCOCCOCCOCCOCCOCCOC.CNC(=O)CC[C@H](N)C(=O)NCCOCCOCCOCCOCCOCCOCCOCCOC. The van der Waals surface area contributed by atoms with Gasteiger partial charge in [0, 0.05) is 93.2 Å². The summed E-state index contributed by atoms with van der Waals surface area (Å²) in [4.78, 5) is 83.8. The number of esters is 1. The Bertz CT molecular complexity index is 2730. The molecule has 0 fully saturated rings. The fourth-order valence-corrected chi connectivity index (χ4v) is 10.6. The molecule has 0 aromatic heterocycles. The topological polar surface area (TPSA) is 474 Å². The van der Waals surface area contributed by atoms with Gasteiger partial charge in [0.2, 0.25) is 35.4 Å². The summed E-state index contributed by atoms with van der Waals surface area (Å²) in [6, 6.07) is 14.8. The van der Waals surface area contributed by atoms with E-state index in [1.165, 1.54) is 7.05 Å². The third-order valence-electron chi connectivity index (χ3n) is 17.4. The van der Waals surface area contributed by atoms with Crippen molar-refractivity contribution in [1.82, 2.24) is 31.9 Å². The van der Waals surface area contributed by atoms with Crippen molar-refractivity contribution in [3.8, 4) is 11.1 Å². The van der Waals surface area contributed by atoms with Gasteiger partial charge in [-0.25, -0.2) is 0 Å². The Morgan fingerprint density at radius 3 is 0.730 bits per heavy atom. The minimum Gasteiger partial charge on any atom is -0.465 e. The maximum Gasteiger partial charge on any atom is 0.306 e. The Morgan fingerprint density at radius 2 is 0.500 bits per heavy atom. The minimum absolute atomic E-state index is 0. The normalized spacial score (nSPS) is 12.2. The molecule has 0 aliphatic heterocycles. The van der Waals surface area contributed by atoms with Crippen molar-refractivity contribution in [2.24, 2.45) is 17.4 Å². The van der Waals surface area contributed by atoms with Gasteiger partial charge in [-0.1, -0.05) is 56.0 Å². The number of hydrogen-bond donors (Lipinski definition) is 8. The van der Waals surface area contributed by atoms with Crippen LogP contribution in [0.4, 0.5) is 0 Å². The average molecular weight is 1810 g/mol. The van der Waals surface area contributed by atoms with Crippen LogP contribution < -0.4 is 43.4 Å². The van der Waals surface area contributed by atoms with Gasteiger partial charge in [-0.2, -0.15) is 0 Å². The molecule has 126 heavy (non-hydrogen) atoms. The first-order valence-corrected chi connectivity index (χ1v) is 43.2. The average Bonchev–Trinajstić information content (AvgIpc) is 1.62. The van der Waals surface area contributed by atoms with Crippen LogP contribution in [0.5, 0.6) is 0 Å². The lowest BCUT2D eigenvalue weighted by atomic mass is 9.97. The maximum atomic E-state index is 13.0. The molecule has 1 aliphatic rings. The number of benzene rings is 2. The van der Waals surface area contributed by atoms with Crippen molar-refractivity contribution in [1.29, 1.82) is 0 Å². The number of methoxy groups -OCH3 is 3. The first-order chi connectivity index (χ1) is 61.3. The van der Waals surface area contributed by atoms with Crippen molar-refractivity contribution in [3.63, 3.8) is 0 Å². The monoisotopic (exact) mass is 1810 g/mol. The second kappa shape index (κ2) is 92.0. The molecule has 0 heterocycles. The number of nitrogens with one attached hydrogen (secondary N) is 6. The van der Waals surface area contributed by atoms with E-state index in [2.05, 4.69) is 56.2 Å². The quantitative estimate of drug-likeness (QED) is 0.0336. The molecular weight excluding hydrogens is 1660 g/mol. The fraction of sp³-hybridized carbons (Fsp3) is 0.779. The largest absolute Gasteiger partial charge is 0.465 e. The smallest absolute Gasteiger partial charge is 0.306 e. The van der Waals surface area contributed by atoms with Gasteiger partial charge in [0.1, 0.15) is 6.61 Å². The molecule has 732 valence electrons. The van der Waals surface area contributed by atoms with Crippen molar-refractivity contribution < 1.29 is 152 Å². The molecule has 3 rings (SSSR count). The van der Waals surface area contributed by atoms with Crippen LogP contribution in [0.15, 0.2) is 48.5 Å². The molecule has 6 amide bonds. The third-order valence-corrected chi connectivity index (χ3v) is 17.4. The molecule has 1 aliphatic carbocycles. The van der Waals surface area contributed by atoms with Crippen LogP contribution in [-0.2, 0) is 152 Å². The highest BCUT2D eigenvalue weighted by molar-refractivity contribution is 5.86. The van der Waals surface area contributed by atoms with Crippen LogP contribution in [0.2, 0.25) is 0 Å².